The molecule has 0 saturated carbocycles. The van der Waals surface area contributed by atoms with Crippen LogP contribution in [-0.2, 0) is 9.53 Å². The van der Waals surface area contributed by atoms with Gasteiger partial charge in [-0.2, -0.15) is 0 Å². The van der Waals surface area contributed by atoms with Crippen molar-refractivity contribution < 1.29 is 18.7 Å². The molecule has 1 atom stereocenters. The van der Waals surface area contributed by atoms with Gasteiger partial charge in [-0.15, -0.1) is 0 Å². The lowest BCUT2D eigenvalue weighted by Crippen LogP contribution is -2.47. The number of ether oxygens (including phenoxy) is 1. The Hall–Kier alpha value is -2.73. The van der Waals surface area contributed by atoms with Crippen LogP contribution < -0.4 is 5.32 Å². The molecule has 2 aromatic rings. The summed E-state index contributed by atoms with van der Waals surface area (Å²) >= 11 is 0. The minimum atomic E-state index is -0.325. The van der Waals surface area contributed by atoms with Gasteiger partial charge in [0.25, 0.3) is 5.91 Å². The number of morpholine rings is 1. The maximum Gasteiger partial charge on any atom is 0.251 e. The van der Waals surface area contributed by atoms with Crippen LogP contribution in [-0.4, -0.2) is 43.0 Å². The first-order chi connectivity index (χ1) is 12.1. The zero-order valence-electron chi connectivity index (χ0n) is 13.7. The molecule has 0 aromatic heterocycles. The van der Waals surface area contributed by atoms with Crippen LogP contribution in [0.2, 0.25) is 0 Å². The van der Waals surface area contributed by atoms with E-state index < -0.39 is 0 Å². The maximum absolute atomic E-state index is 13.1. The number of benzene rings is 2. The van der Waals surface area contributed by atoms with Crippen LogP contribution in [0.4, 0.5) is 4.39 Å². The fraction of sp³-hybridized carbons (Fsp3) is 0.263. The van der Waals surface area contributed by atoms with Gasteiger partial charge >= 0.3 is 0 Å². The van der Waals surface area contributed by atoms with Crippen LogP contribution in [0.25, 0.3) is 0 Å². The molecule has 0 bridgehead atoms. The SMILES string of the molecule is O=C(NCC(=O)N1CCOCC1c1ccc(F)cc1)c1ccccc1. The maximum atomic E-state index is 13.1. The second kappa shape index (κ2) is 7.90. The van der Waals surface area contributed by atoms with Crippen LogP contribution in [0, 0.1) is 5.82 Å². The molecule has 2 aromatic carbocycles. The van der Waals surface area contributed by atoms with E-state index in [0.29, 0.717) is 25.3 Å². The predicted molar refractivity (Wildman–Crippen MR) is 90.4 cm³/mol. The second-order valence-corrected chi connectivity index (χ2v) is 5.78. The molecule has 1 N–H and O–H groups in total. The van der Waals surface area contributed by atoms with Crippen molar-refractivity contribution in [3.63, 3.8) is 0 Å². The molecule has 2 amide bonds. The molecular formula is C19H19FN2O3. The summed E-state index contributed by atoms with van der Waals surface area (Å²) in [6, 6.07) is 14.5. The van der Waals surface area contributed by atoms with Crippen molar-refractivity contribution in [2.75, 3.05) is 26.3 Å². The van der Waals surface area contributed by atoms with E-state index in [1.165, 1.54) is 12.1 Å². The Kier molecular flexibility index (Phi) is 5.40. The fourth-order valence-corrected chi connectivity index (χ4v) is 2.81. The van der Waals surface area contributed by atoms with Gasteiger partial charge in [0.1, 0.15) is 5.82 Å². The van der Waals surface area contributed by atoms with Crippen molar-refractivity contribution >= 4 is 11.8 Å². The average Bonchev–Trinajstić information content (AvgIpc) is 2.67. The van der Waals surface area contributed by atoms with Crippen molar-refractivity contribution in [3.05, 3.63) is 71.5 Å². The third-order valence-corrected chi connectivity index (χ3v) is 4.14. The van der Waals surface area contributed by atoms with Crippen LogP contribution >= 0.6 is 0 Å². The van der Waals surface area contributed by atoms with Crippen LogP contribution in [0.5, 0.6) is 0 Å². The molecule has 3 rings (SSSR count). The Labute approximate surface area is 145 Å². The Morgan fingerprint density at radius 1 is 1.12 bits per heavy atom. The predicted octanol–water partition coefficient (Wildman–Crippen LogP) is 2.16. The Morgan fingerprint density at radius 2 is 1.84 bits per heavy atom. The molecular weight excluding hydrogens is 323 g/mol. The van der Waals surface area contributed by atoms with Crippen molar-refractivity contribution in [1.82, 2.24) is 10.2 Å². The van der Waals surface area contributed by atoms with E-state index in [1.807, 2.05) is 6.07 Å². The molecule has 1 unspecified atom stereocenters. The number of hydrogen-bond donors (Lipinski definition) is 1. The van der Waals surface area contributed by atoms with Crippen LogP contribution in [0.15, 0.2) is 54.6 Å². The summed E-state index contributed by atoms with van der Waals surface area (Å²) in [6.45, 7) is 1.13. The highest BCUT2D eigenvalue weighted by Crippen LogP contribution is 2.24. The van der Waals surface area contributed by atoms with Crippen LogP contribution in [0.3, 0.4) is 0 Å². The highest BCUT2D eigenvalue weighted by Gasteiger charge is 2.28. The Morgan fingerprint density at radius 3 is 2.56 bits per heavy atom. The third-order valence-electron chi connectivity index (χ3n) is 4.14. The zero-order valence-corrected chi connectivity index (χ0v) is 13.7. The number of carbonyl (C=O) groups is 2. The molecule has 1 aliphatic heterocycles. The average molecular weight is 342 g/mol. The monoisotopic (exact) mass is 342 g/mol. The summed E-state index contributed by atoms with van der Waals surface area (Å²) in [5.41, 5.74) is 1.32. The normalized spacial score (nSPS) is 17.2. The van der Waals surface area contributed by atoms with E-state index in [4.69, 9.17) is 4.74 Å². The first-order valence-electron chi connectivity index (χ1n) is 8.11. The number of nitrogens with one attached hydrogen (secondary N) is 1. The third kappa shape index (κ3) is 4.22. The van der Waals surface area contributed by atoms with Gasteiger partial charge in [0.15, 0.2) is 0 Å². The molecule has 0 aliphatic carbocycles. The van der Waals surface area contributed by atoms with Crippen molar-refractivity contribution in [2.45, 2.75) is 6.04 Å². The molecule has 25 heavy (non-hydrogen) atoms. The lowest BCUT2D eigenvalue weighted by atomic mass is 10.0. The smallest absolute Gasteiger partial charge is 0.251 e. The number of carbonyl (C=O) groups excluding carboxylic acids is 2. The first kappa shape index (κ1) is 17.1. The number of amides is 2. The minimum absolute atomic E-state index is 0.0918. The van der Waals surface area contributed by atoms with Gasteiger partial charge in [-0.25, -0.2) is 4.39 Å². The molecule has 5 nitrogen and oxygen atoms in total. The first-order valence-corrected chi connectivity index (χ1v) is 8.11. The highest BCUT2D eigenvalue weighted by atomic mass is 19.1. The van der Waals surface area contributed by atoms with E-state index in [1.54, 1.807) is 41.3 Å². The van der Waals surface area contributed by atoms with Gasteiger partial charge in [-0.05, 0) is 29.8 Å². The molecule has 0 spiro atoms. The zero-order chi connectivity index (χ0) is 17.6. The molecule has 6 heteroatoms. The highest BCUT2D eigenvalue weighted by molar-refractivity contribution is 5.96. The lowest BCUT2D eigenvalue weighted by Gasteiger charge is -2.36. The number of rotatable bonds is 4. The van der Waals surface area contributed by atoms with E-state index in [-0.39, 0.29) is 30.2 Å². The number of hydrogen-bond acceptors (Lipinski definition) is 3. The summed E-state index contributed by atoms with van der Waals surface area (Å²) in [4.78, 5) is 26.3. The fourth-order valence-electron chi connectivity index (χ4n) is 2.81. The molecule has 130 valence electrons. The van der Waals surface area contributed by atoms with Gasteiger partial charge in [0.2, 0.25) is 5.91 Å². The summed E-state index contributed by atoms with van der Waals surface area (Å²) in [5, 5.41) is 2.65. The molecule has 1 fully saturated rings. The van der Waals surface area contributed by atoms with E-state index in [9.17, 15) is 14.0 Å². The number of nitrogens with zero attached hydrogens (tertiary/aromatic N) is 1. The van der Waals surface area contributed by atoms with Crippen molar-refractivity contribution in [1.29, 1.82) is 0 Å². The minimum Gasteiger partial charge on any atom is -0.377 e. The van der Waals surface area contributed by atoms with Gasteiger partial charge in [0, 0.05) is 12.1 Å². The van der Waals surface area contributed by atoms with Gasteiger partial charge < -0.3 is 15.0 Å². The number of halogens is 1. The van der Waals surface area contributed by atoms with Crippen molar-refractivity contribution in [2.24, 2.45) is 0 Å². The lowest BCUT2D eigenvalue weighted by molar-refractivity contribution is -0.139. The second-order valence-electron chi connectivity index (χ2n) is 5.78. The van der Waals surface area contributed by atoms with Crippen LogP contribution in [0.1, 0.15) is 22.0 Å². The Bertz CT molecular complexity index is 734. The van der Waals surface area contributed by atoms with Gasteiger partial charge in [-0.1, -0.05) is 30.3 Å². The van der Waals surface area contributed by atoms with E-state index in [2.05, 4.69) is 5.32 Å². The van der Waals surface area contributed by atoms with Crippen molar-refractivity contribution in [3.8, 4) is 0 Å². The summed E-state index contributed by atoms with van der Waals surface area (Å²) in [6.07, 6.45) is 0. The molecule has 1 heterocycles. The summed E-state index contributed by atoms with van der Waals surface area (Å²) in [5.74, 6) is -0.809. The topological polar surface area (TPSA) is 58.6 Å². The van der Waals surface area contributed by atoms with E-state index >= 15 is 0 Å². The quantitative estimate of drug-likeness (QED) is 0.926. The summed E-state index contributed by atoms with van der Waals surface area (Å²) in [7, 11) is 0. The molecule has 0 radical (unpaired) electrons. The van der Waals surface area contributed by atoms with Gasteiger partial charge in [-0.3, -0.25) is 9.59 Å². The Balaban J connectivity index is 1.64. The summed E-state index contributed by atoms with van der Waals surface area (Å²) < 4.78 is 18.6. The van der Waals surface area contributed by atoms with E-state index in [0.717, 1.165) is 5.56 Å². The standard InChI is InChI=1S/C19H19FN2O3/c20-16-8-6-14(7-9-16)17-13-25-11-10-22(17)18(23)12-21-19(24)15-4-2-1-3-5-15/h1-9,17H,10-13H2,(H,21,24). The van der Waals surface area contributed by atoms with Gasteiger partial charge in [0.05, 0.1) is 25.8 Å². The molecule has 1 saturated heterocycles. The largest absolute Gasteiger partial charge is 0.377 e. The molecule has 1 aliphatic rings.